The van der Waals surface area contributed by atoms with Crippen molar-refractivity contribution in [3.63, 3.8) is 0 Å². The van der Waals surface area contributed by atoms with Crippen LogP contribution in [0.2, 0.25) is 0 Å². The van der Waals surface area contributed by atoms with Gasteiger partial charge in [0, 0.05) is 21.1 Å². The van der Waals surface area contributed by atoms with E-state index in [1.165, 1.54) is 17.8 Å². The zero-order valence-electron chi connectivity index (χ0n) is 12.0. The van der Waals surface area contributed by atoms with E-state index in [2.05, 4.69) is 21.2 Å². The summed E-state index contributed by atoms with van der Waals surface area (Å²) in [4.78, 5) is 22.9. The first-order chi connectivity index (χ1) is 10.9. The van der Waals surface area contributed by atoms with Crippen LogP contribution in [0, 0.1) is 15.9 Å². The Morgan fingerprint density at radius 3 is 2.57 bits per heavy atom. The molecule has 0 heterocycles. The number of nitrogens with zero attached hydrogens (tertiary/aromatic N) is 1. The monoisotopic (exact) mass is 398 g/mol. The van der Waals surface area contributed by atoms with Crippen LogP contribution in [-0.4, -0.2) is 16.1 Å². The number of halogens is 2. The fourth-order valence-corrected chi connectivity index (χ4v) is 2.88. The molecule has 0 aliphatic carbocycles. The molecule has 120 valence electrons. The Kier molecular flexibility index (Phi) is 5.73. The van der Waals surface area contributed by atoms with Crippen molar-refractivity contribution < 1.29 is 14.1 Å². The number of amides is 1. The highest BCUT2D eigenvalue weighted by molar-refractivity contribution is 9.10. The summed E-state index contributed by atoms with van der Waals surface area (Å²) in [6.07, 6.45) is 0. The Hall–Kier alpha value is -1.93. The summed E-state index contributed by atoms with van der Waals surface area (Å²) >= 11 is 4.69. The molecule has 0 saturated heterocycles. The number of benzene rings is 2. The number of carbonyl (C=O) groups is 1. The SMILES string of the molecule is C[C@@H](Sc1ccc(Br)cc1)C(=O)Nc1ccc(F)c([N+](=O)[O-])c1. The molecular formula is C15H12BrFN2O3S. The Labute approximate surface area is 144 Å². The van der Waals surface area contributed by atoms with Crippen LogP contribution in [0.3, 0.4) is 0 Å². The van der Waals surface area contributed by atoms with Crippen molar-refractivity contribution in [1.82, 2.24) is 0 Å². The molecule has 23 heavy (non-hydrogen) atoms. The van der Waals surface area contributed by atoms with Crippen molar-refractivity contribution >= 4 is 45.0 Å². The fourth-order valence-electron chi connectivity index (χ4n) is 1.75. The van der Waals surface area contributed by atoms with E-state index in [0.29, 0.717) is 0 Å². The van der Waals surface area contributed by atoms with Gasteiger partial charge in [-0.05, 0) is 43.3 Å². The molecule has 2 aromatic rings. The molecule has 0 unspecified atom stereocenters. The van der Waals surface area contributed by atoms with E-state index < -0.39 is 21.7 Å². The molecule has 1 amide bonds. The first kappa shape index (κ1) is 17.4. The molecule has 5 nitrogen and oxygen atoms in total. The Balaban J connectivity index is 2.04. The molecule has 0 saturated carbocycles. The van der Waals surface area contributed by atoms with E-state index in [1.807, 2.05) is 24.3 Å². The normalized spacial score (nSPS) is 11.8. The summed E-state index contributed by atoms with van der Waals surface area (Å²) in [5, 5.41) is 12.8. The van der Waals surface area contributed by atoms with E-state index >= 15 is 0 Å². The molecule has 1 atom stereocenters. The van der Waals surface area contributed by atoms with E-state index in [-0.39, 0.29) is 11.6 Å². The van der Waals surface area contributed by atoms with Crippen LogP contribution in [0.1, 0.15) is 6.92 Å². The van der Waals surface area contributed by atoms with Gasteiger partial charge in [-0.1, -0.05) is 15.9 Å². The number of carbonyl (C=O) groups excluding carboxylic acids is 1. The number of nitro groups is 1. The van der Waals surface area contributed by atoms with Crippen LogP contribution < -0.4 is 5.32 Å². The van der Waals surface area contributed by atoms with Crippen molar-refractivity contribution in [3.05, 3.63) is 62.9 Å². The van der Waals surface area contributed by atoms with Crippen LogP contribution in [0.4, 0.5) is 15.8 Å². The second-order valence-electron chi connectivity index (χ2n) is 4.63. The van der Waals surface area contributed by atoms with Crippen molar-refractivity contribution in [2.45, 2.75) is 17.1 Å². The Bertz CT molecular complexity index is 740. The highest BCUT2D eigenvalue weighted by Gasteiger charge is 2.18. The van der Waals surface area contributed by atoms with Crippen LogP contribution in [0.5, 0.6) is 0 Å². The Morgan fingerprint density at radius 2 is 1.96 bits per heavy atom. The lowest BCUT2D eigenvalue weighted by atomic mass is 10.2. The summed E-state index contributed by atoms with van der Waals surface area (Å²) < 4.78 is 14.2. The maximum atomic E-state index is 13.3. The molecule has 8 heteroatoms. The molecule has 0 aromatic heterocycles. The number of anilines is 1. The minimum absolute atomic E-state index is 0.186. The zero-order chi connectivity index (χ0) is 17.0. The fraction of sp³-hybridized carbons (Fsp3) is 0.133. The van der Waals surface area contributed by atoms with Crippen molar-refractivity contribution in [1.29, 1.82) is 0 Å². The number of nitrogens with one attached hydrogen (secondary N) is 1. The molecule has 0 spiro atoms. The Morgan fingerprint density at radius 1 is 1.30 bits per heavy atom. The molecule has 0 bridgehead atoms. The van der Waals surface area contributed by atoms with Crippen LogP contribution in [0.15, 0.2) is 51.8 Å². The van der Waals surface area contributed by atoms with Crippen molar-refractivity contribution in [3.8, 4) is 0 Å². The predicted molar refractivity (Wildman–Crippen MR) is 91.1 cm³/mol. The zero-order valence-corrected chi connectivity index (χ0v) is 14.4. The van der Waals surface area contributed by atoms with E-state index in [9.17, 15) is 19.3 Å². The van der Waals surface area contributed by atoms with Crippen LogP contribution in [0.25, 0.3) is 0 Å². The maximum absolute atomic E-state index is 13.3. The number of rotatable bonds is 5. The third kappa shape index (κ3) is 4.77. The van der Waals surface area contributed by atoms with Crippen LogP contribution in [-0.2, 0) is 4.79 Å². The molecular weight excluding hydrogens is 387 g/mol. The number of hydrogen-bond donors (Lipinski definition) is 1. The molecule has 2 rings (SSSR count). The molecule has 0 radical (unpaired) electrons. The van der Waals surface area contributed by atoms with Gasteiger partial charge in [0.25, 0.3) is 0 Å². The van der Waals surface area contributed by atoms with Gasteiger partial charge in [-0.15, -0.1) is 11.8 Å². The quantitative estimate of drug-likeness (QED) is 0.453. The van der Waals surface area contributed by atoms with Gasteiger partial charge in [0.05, 0.1) is 10.2 Å². The van der Waals surface area contributed by atoms with Crippen molar-refractivity contribution in [2.75, 3.05) is 5.32 Å². The van der Waals surface area contributed by atoms with Gasteiger partial charge in [-0.3, -0.25) is 14.9 Å². The van der Waals surface area contributed by atoms with Gasteiger partial charge >= 0.3 is 5.69 Å². The first-order valence-corrected chi connectivity index (χ1v) is 8.21. The van der Waals surface area contributed by atoms with E-state index in [1.54, 1.807) is 6.92 Å². The van der Waals surface area contributed by atoms with Gasteiger partial charge in [-0.25, -0.2) is 0 Å². The summed E-state index contributed by atoms with van der Waals surface area (Å²) in [5.41, 5.74) is -0.484. The summed E-state index contributed by atoms with van der Waals surface area (Å²) in [6.45, 7) is 1.72. The minimum atomic E-state index is -0.940. The number of nitro benzene ring substituents is 1. The molecule has 0 fully saturated rings. The largest absolute Gasteiger partial charge is 0.325 e. The van der Waals surface area contributed by atoms with E-state index in [4.69, 9.17) is 0 Å². The number of thioether (sulfide) groups is 1. The lowest BCUT2D eigenvalue weighted by Gasteiger charge is -2.12. The predicted octanol–water partition coefficient (Wildman–Crippen LogP) is 4.62. The highest BCUT2D eigenvalue weighted by atomic mass is 79.9. The van der Waals surface area contributed by atoms with Gasteiger partial charge in [0.15, 0.2) is 0 Å². The van der Waals surface area contributed by atoms with Gasteiger partial charge in [0.1, 0.15) is 0 Å². The summed E-state index contributed by atoms with van der Waals surface area (Å²) in [5.74, 6) is -1.26. The van der Waals surface area contributed by atoms with E-state index in [0.717, 1.165) is 21.5 Å². The average molecular weight is 399 g/mol. The third-order valence-corrected chi connectivity index (χ3v) is 4.55. The second kappa shape index (κ2) is 7.56. The first-order valence-electron chi connectivity index (χ1n) is 6.54. The standard InChI is InChI=1S/C15H12BrFN2O3S/c1-9(23-12-5-2-10(16)3-6-12)15(20)18-11-4-7-13(17)14(8-11)19(21)22/h2-9H,1H3,(H,18,20)/t9-/m1/s1. The van der Waals surface area contributed by atoms with Crippen LogP contribution >= 0.6 is 27.7 Å². The molecule has 0 aliphatic rings. The third-order valence-electron chi connectivity index (χ3n) is 2.91. The maximum Gasteiger partial charge on any atom is 0.306 e. The lowest BCUT2D eigenvalue weighted by Crippen LogP contribution is -2.22. The topological polar surface area (TPSA) is 72.2 Å². The van der Waals surface area contributed by atoms with Gasteiger partial charge in [0.2, 0.25) is 11.7 Å². The van der Waals surface area contributed by atoms with Gasteiger partial charge < -0.3 is 5.32 Å². The second-order valence-corrected chi connectivity index (χ2v) is 6.96. The van der Waals surface area contributed by atoms with Crippen molar-refractivity contribution in [2.24, 2.45) is 0 Å². The number of hydrogen-bond acceptors (Lipinski definition) is 4. The smallest absolute Gasteiger partial charge is 0.306 e. The lowest BCUT2D eigenvalue weighted by molar-refractivity contribution is -0.387. The highest BCUT2D eigenvalue weighted by Crippen LogP contribution is 2.27. The molecule has 1 N–H and O–H groups in total. The minimum Gasteiger partial charge on any atom is -0.325 e. The summed E-state index contributed by atoms with van der Waals surface area (Å²) in [7, 11) is 0. The molecule has 0 aliphatic heterocycles. The molecule has 2 aromatic carbocycles. The average Bonchev–Trinajstić information content (AvgIpc) is 2.51. The van der Waals surface area contributed by atoms with Gasteiger partial charge in [-0.2, -0.15) is 4.39 Å². The summed E-state index contributed by atoms with van der Waals surface area (Å²) in [6, 6.07) is 10.7.